The van der Waals surface area contributed by atoms with Gasteiger partial charge in [-0.25, -0.2) is 0 Å². The fourth-order valence-electron chi connectivity index (χ4n) is 1.55. The SMILES string of the molecule is CCCCCC(C)NCCCCC(=O)O. The van der Waals surface area contributed by atoms with Crippen LogP contribution in [0.15, 0.2) is 0 Å². The monoisotopic (exact) mass is 215 g/mol. The molecule has 0 bridgehead atoms. The lowest BCUT2D eigenvalue weighted by molar-refractivity contribution is -0.137. The number of hydrogen-bond acceptors (Lipinski definition) is 2. The van der Waals surface area contributed by atoms with Gasteiger partial charge in [0, 0.05) is 12.5 Å². The lowest BCUT2D eigenvalue weighted by Crippen LogP contribution is -2.26. The Kier molecular flexibility index (Phi) is 9.59. The first kappa shape index (κ1) is 14.4. The Hall–Kier alpha value is -0.570. The van der Waals surface area contributed by atoms with Crippen molar-refractivity contribution in [3.8, 4) is 0 Å². The molecule has 1 unspecified atom stereocenters. The van der Waals surface area contributed by atoms with Crippen LogP contribution in [0.1, 0.15) is 58.8 Å². The summed E-state index contributed by atoms with van der Waals surface area (Å²) in [5, 5.41) is 11.9. The summed E-state index contributed by atoms with van der Waals surface area (Å²) in [7, 11) is 0. The summed E-state index contributed by atoms with van der Waals surface area (Å²) in [6.07, 6.45) is 7.14. The fourth-order valence-corrected chi connectivity index (χ4v) is 1.55. The van der Waals surface area contributed by atoms with Crippen LogP contribution in [0.5, 0.6) is 0 Å². The van der Waals surface area contributed by atoms with Gasteiger partial charge in [-0.05, 0) is 32.7 Å². The summed E-state index contributed by atoms with van der Waals surface area (Å²) < 4.78 is 0. The van der Waals surface area contributed by atoms with Crippen molar-refractivity contribution in [3.63, 3.8) is 0 Å². The molecule has 0 aliphatic carbocycles. The maximum Gasteiger partial charge on any atom is 0.303 e. The molecule has 3 nitrogen and oxygen atoms in total. The molecule has 0 rings (SSSR count). The Bertz CT molecular complexity index is 160. The van der Waals surface area contributed by atoms with Gasteiger partial charge >= 0.3 is 5.97 Å². The van der Waals surface area contributed by atoms with Gasteiger partial charge in [0.05, 0.1) is 0 Å². The summed E-state index contributed by atoms with van der Waals surface area (Å²) in [5.41, 5.74) is 0. The fraction of sp³-hybridized carbons (Fsp3) is 0.917. The minimum Gasteiger partial charge on any atom is -0.481 e. The van der Waals surface area contributed by atoms with Crippen LogP contribution in [-0.4, -0.2) is 23.7 Å². The van der Waals surface area contributed by atoms with Gasteiger partial charge in [-0.2, -0.15) is 0 Å². The van der Waals surface area contributed by atoms with Gasteiger partial charge in [0.15, 0.2) is 0 Å². The third kappa shape index (κ3) is 11.4. The molecule has 0 aliphatic heterocycles. The van der Waals surface area contributed by atoms with E-state index in [1.807, 2.05) is 0 Å². The van der Waals surface area contributed by atoms with Crippen LogP contribution in [0.4, 0.5) is 0 Å². The standard InChI is InChI=1S/C12H25NO2/c1-3-4-5-8-11(2)13-10-7-6-9-12(14)15/h11,13H,3-10H2,1-2H3,(H,14,15). The van der Waals surface area contributed by atoms with Crippen molar-refractivity contribution in [1.82, 2.24) is 5.32 Å². The minimum atomic E-state index is -0.689. The highest BCUT2D eigenvalue weighted by molar-refractivity contribution is 5.66. The average molecular weight is 215 g/mol. The number of rotatable bonds is 10. The van der Waals surface area contributed by atoms with Crippen molar-refractivity contribution >= 4 is 5.97 Å². The first-order chi connectivity index (χ1) is 7.16. The van der Waals surface area contributed by atoms with Gasteiger partial charge in [0.25, 0.3) is 0 Å². The van der Waals surface area contributed by atoms with Crippen LogP contribution in [0, 0.1) is 0 Å². The lowest BCUT2D eigenvalue weighted by Gasteiger charge is -2.12. The Morgan fingerprint density at radius 3 is 2.60 bits per heavy atom. The number of carboxylic acid groups (broad SMARTS) is 1. The second-order valence-corrected chi connectivity index (χ2v) is 4.20. The number of unbranched alkanes of at least 4 members (excludes halogenated alkanes) is 3. The molecule has 0 fully saturated rings. The first-order valence-electron chi connectivity index (χ1n) is 6.12. The Balaban J connectivity index is 3.16. The second kappa shape index (κ2) is 9.97. The van der Waals surface area contributed by atoms with Gasteiger partial charge in [-0.3, -0.25) is 4.79 Å². The van der Waals surface area contributed by atoms with Crippen molar-refractivity contribution in [2.45, 2.75) is 64.8 Å². The zero-order valence-electron chi connectivity index (χ0n) is 10.1. The van der Waals surface area contributed by atoms with Crippen molar-refractivity contribution in [3.05, 3.63) is 0 Å². The number of hydrogen-bond donors (Lipinski definition) is 2. The van der Waals surface area contributed by atoms with E-state index in [4.69, 9.17) is 5.11 Å². The first-order valence-corrected chi connectivity index (χ1v) is 6.12. The van der Waals surface area contributed by atoms with Crippen LogP contribution >= 0.6 is 0 Å². The van der Waals surface area contributed by atoms with Crippen molar-refractivity contribution in [2.75, 3.05) is 6.54 Å². The maximum absolute atomic E-state index is 10.3. The smallest absolute Gasteiger partial charge is 0.303 e. The number of aliphatic carboxylic acids is 1. The molecule has 90 valence electrons. The van der Waals surface area contributed by atoms with Crippen molar-refractivity contribution in [2.24, 2.45) is 0 Å². The van der Waals surface area contributed by atoms with Gasteiger partial charge in [0.2, 0.25) is 0 Å². The minimum absolute atomic E-state index is 0.298. The number of nitrogens with one attached hydrogen (secondary N) is 1. The van der Waals surface area contributed by atoms with E-state index >= 15 is 0 Å². The van der Waals surface area contributed by atoms with Gasteiger partial charge in [-0.15, -0.1) is 0 Å². The van der Waals surface area contributed by atoms with Crippen LogP contribution in [0.25, 0.3) is 0 Å². The van der Waals surface area contributed by atoms with Crippen LogP contribution in [0.2, 0.25) is 0 Å². The van der Waals surface area contributed by atoms with E-state index in [2.05, 4.69) is 19.2 Å². The van der Waals surface area contributed by atoms with Crippen molar-refractivity contribution in [1.29, 1.82) is 0 Å². The molecule has 0 spiro atoms. The highest BCUT2D eigenvalue weighted by Crippen LogP contribution is 2.03. The molecule has 1 atom stereocenters. The van der Waals surface area contributed by atoms with E-state index in [0.29, 0.717) is 12.5 Å². The maximum atomic E-state index is 10.3. The van der Waals surface area contributed by atoms with Crippen molar-refractivity contribution < 1.29 is 9.90 Å². The molecule has 0 aromatic carbocycles. The largest absolute Gasteiger partial charge is 0.481 e. The molecule has 0 amide bonds. The summed E-state index contributed by atoms with van der Waals surface area (Å²) in [5.74, 6) is -0.689. The molecule has 0 aromatic rings. The predicted octanol–water partition coefficient (Wildman–Crippen LogP) is 2.80. The van der Waals surface area contributed by atoms with E-state index in [0.717, 1.165) is 19.4 Å². The molecular weight excluding hydrogens is 190 g/mol. The van der Waals surface area contributed by atoms with E-state index in [1.54, 1.807) is 0 Å². The van der Waals surface area contributed by atoms with Gasteiger partial charge < -0.3 is 10.4 Å². The second-order valence-electron chi connectivity index (χ2n) is 4.20. The van der Waals surface area contributed by atoms with E-state index in [1.165, 1.54) is 25.7 Å². The van der Waals surface area contributed by atoms with Crippen LogP contribution in [0.3, 0.4) is 0 Å². The number of carbonyl (C=O) groups is 1. The predicted molar refractivity (Wildman–Crippen MR) is 63.1 cm³/mol. The highest BCUT2D eigenvalue weighted by Gasteiger charge is 2.00. The molecule has 3 heteroatoms. The molecule has 0 aliphatic rings. The van der Waals surface area contributed by atoms with Crippen LogP contribution < -0.4 is 5.32 Å². The zero-order chi connectivity index (χ0) is 11.5. The Morgan fingerprint density at radius 2 is 2.00 bits per heavy atom. The topological polar surface area (TPSA) is 49.3 Å². The third-order valence-corrected chi connectivity index (χ3v) is 2.55. The molecule has 0 saturated heterocycles. The summed E-state index contributed by atoms with van der Waals surface area (Å²) in [6.45, 7) is 5.36. The molecule has 0 radical (unpaired) electrons. The summed E-state index contributed by atoms with van der Waals surface area (Å²) >= 11 is 0. The summed E-state index contributed by atoms with van der Waals surface area (Å²) in [4.78, 5) is 10.3. The average Bonchev–Trinajstić information content (AvgIpc) is 2.17. The van der Waals surface area contributed by atoms with Gasteiger partial charge in [0.1, 0.15) is 0 Å². The molecule has 15 heavy (non-hydrogen) atoms. The molecule has 0 aromatic heterocycles. The zero-order valence-corrected chi connectivity index (χ0v) is 10.1. The molecule has 2 N–H and O–H groups in total. The third-order valence-electron chi connectivity index (χ3n) is 2.55. The normalized spacial score (nSPS) is 12.7. The molecule has 0 heterocycles. The number of carboxylic acids is 1. The molecular formula is C12H25NO2. The van der Waals surface area contributed by atoms with E-state index in [-0.39, 0.29) is 0 Å². The Labute approximate surface area is 93.3 Å². The Morgan fingerprint density at radius 1 is 1.27 bits per heavy atom. The van der Waals surface area contributed by atoms with Crippen LogP contribution in [-0.2, 0) is 4.79 Å². The summed E-state index contributed by atoms with van der Waals surface area (Å²) in [6, 6.07) is 0.571. The van der Waals surface area contributed by atoms with E-state index in [9.17, 15) is 4.79 Å². The quantitative estimate of drug-likeness (QED) is 0.551. The van der Waals surface area contributed by atoms with Gasteiger partial charge in [-0.1, -0.05) is 26.2 Å². The van der Waals surface area contributed by atoms with E-state index < -0.39 is 5.97 Å². The molecule has 0 saturated carbocycles. The lowest BCUT2D eigenvalue weighted by atomic mass is 10.1. The highest BCUT2D eigenvalue weighted by atomic mass is 16.4.